The summed E-state index contributed by atoms with van der Waals surface area (Å²) in [7, 11) is 1.54. The number of fused-ring (bicyclic) bond motifs is 4. The third-order valence-corrected chi connectivity index (χ3v) is 8.00. The Morgan fingerprint density at radius 2 is 1.76 bits per heavy atom. The Morgan fingerprint density at radius 1 is 1.05 bits per heavy atom. The first-order chi connectivity index (χ1) is 17.9. The van der Waals surface area contributed by atoms with Gasteiger partial charge in [-0.05, 0) is 37.3 Å². The Kier molecular flexibility index (Phi) is 5.54. The minimum atomic E-state index is -1.43. The fraction of sp³-hybridized carbons (Fsp3) is 0.407. The number of ether oxygens (including phenoxy) is 2. The van der Waals surface area contributed by atoms with Gasteiger partial charge in [0, 0.05) is 30.4 Å². The lowest BCUT2D eigenvalue weighted by Crippen LogP contribution is -2.56. The number of hydrogen-bond acceptors (Lipinski definition) is 7. The summed E-state index contributed by atoms with van der Waals surface area (Å²) in [5.41, 5.74) is 0.204. The smallest absolute Gasteiger partial charge is 0.253 e. The number of methoxy groups -OCH3 is 1. The van der Waals surface area contributed by atoms with Crippen molar-refractivity contribution in [1.82, 2.24) is 10.2 Å². The Labute approximate surface area is 214 Å². The highest BCUT2D eigenvalue weighted by atomic mass is 16.5. The summed E-state index contributed by atoms with van der Waals surface area (Å²) in [5.74, 6) is -2.38. The van der Waals surface area contributed by atoms with Crippen LogP contribution in [-0.4, -0.2) is 74.5 Å². The van der Waals surface area contributed by atoms with E-state index in [4.69, 9.17) is 9.47 Å². The minimum absolute atomic E-state index is 0.143. The van der Waals surface area contributed by atoms with Gasteiger partial charge < -0.3 is 19.3 Å². The molecule has 3 fully saturated rings. The molecule has 192 valence electrons. The average molecular weight is 505 g/mol. The first kappa shape index (κ1) is 23.6. The second-order valence-electron chi connectivity index (χ2n) is 9.86. The van der Waals surface area contributed by atoms with Crippen molar-refractivity contribution in [2.75, 3.05) is 49.8 Å². The van der Waals surface area contributed by atoms with E-state index in [1.165, 1.54) is 9.80 Å². The van der Waals surface area contributed by atoms with Crippen LogP contribution in [0.25, 0.3) is 0 Å². The standard InChI is InChI=1S/C27H28N4O6/c1-16-22-23(25(34)31(24(22)33)17-7-9-18(36-2)10-8-17)27(28-16)19-5-3-4-6-20(19)30(26(27)35)15-21(32)29-11-13-37-14-12-29/h3-10,16,22-23,28H,11-15H2,1-2H3/t16-,22+,23-,27+/m0/s1. The molecule has 10 nitrogen and oxygen atoms in total. The Hall–Kier alpha value is -3.76. The van der Waals surface area contributed by atoms with Crippen LogP contribution in [0.2, 0.25) is 0 Å². The summed E-state index contributed by atoms with van der Waals surface area (Å²) < 4.78 is 10.6. The molecule has 3 saturated heterocycles. The molecule has 4 aliphatic rings. The van der Waals surface area contributed by atoms with Crippen molar-refractivity contribution < 1.29 is 28.7 Å². The monoisotopic (exact) mass is 504 g/mol. The van der Waals surface area contributed by atoms with E-state index in [-0.39, 0.29) is 24.3 Å². The van der Waals surface area contributed by atoms with Crippen LogP contribution in [0.15, 0.2) is 48.5 Å². The van der Waals surface area contributed by atoms with E-state index in [1.54, 1.807) is 48.4 Å². The van der Waals surface area contributed by atoms with Gasteiger partial charge in [-0.1, -0.05) is 18.2 Å². The molecule has 0 radical (unpaired) electrons. The molecule has 4 atom stereocenters. The maximum atomic E-state index is 14.2. The molecule has 0 saturated carbocycles. The fourth-order valence-electron chi connectivity index (χ4n) is 6.30. The maximum Gasteiger partial charge on any atom is 0.253 e. The van der Waals surface area contributed by atoms with Crippen LogP contribution >= 0.6 is 0 Å². The van der Waals surface area contributed by atoms with Crippen LogP contribution in [0.5, 0.6) is 5.75 Å². The summed E-state index contributed by atoms with van der Waals surface area (Å²) in [6.07, 6.45) is 0. The molecule has 2 aromatic carbocycles. The van der Waals surface area contributed by atoms with Gasteiger partial charge in [0.1, 0.15) is 17.8 Å². The molecule has 1 N–H and O–H groups in total. The van der Waals surface area contributed by atoms with Gasteiger partial charge in [-0.3, -0.25) is 24.5 Å². The van der Waals surface area contributed by atoms with Gasteiger partial charge in [0.05, 0.1) is 37.8 Å². The van der Waals surface area contributed by atoms with Crippen molar-refractivity contribution in [2.24, 2.45) is 11.8 Å². The van der Waals surface area contributed by atoms with Crippen molar-refractivity contribution >= 4 is 35.0 Å². The molecular weight excluding hydrogens is 476 g/mol. The number of nitrogens with zero attached hydrogens (tertiary/aromatic N) is 3. The zero-order valence-electron chi connectivity index (χ0n) is 20.7. The lowest BCUT2D eigenvalue weighted by atomic mass is 9.76. The third kappa shape index (κ3) is 3.32. The van der Waals surface area contributed by atoms with E-state index >= 15 is 0 Å². The summed E-state index contributed by atoms with van der Waals surface area (Å²) in [4.78, 5) is 59.3. The topological polar surface area (TPSA) is 108 Å². The zero-order chi connectivity index (χ0) is 25.9. The van der Waals surface area contributed by atoms with E-state index in [9.17, 15) is 19.2 Å². The first-order valence-electron chi connectivity index (χ1n) is 12.4. The van der Waals surface area contributed by atoms with Crippen LogP contribution < -0.4 is 19.9 Å². The van der Waals surface area contributed by atoms with Gasteiger partial charge in [-0.15, -0.1) is 0 Å². The number of rotatable bonds is 4. The van der Waals surface area contributed by atoms with Gasteiger partial charge in [0.25, 0.3) is 5.91 Å². The van der Waals surface area contributed by atoms with Gasteiger partial charge >= 0.3 is 0 Å². The highest BCUT2D eigenvalue weighted by molar-refractivity contribution is 6.26. The molecule has 4 heterocycles. The maximum absolute atomic E-state index is 14.2. The average Bonchev–Trinajstić information content (AvgIpc) is 3.47. The summed E-state index contributed by atoms with van der Waals surface area (Å²) in [6, 6.07) is 13.5. The van der Waals surface area contributed by atoms with Crippen molar-refractivity contribution in [1.29, 1.82) is 0 Å². The first-order valence-corrected chi connectivity index (χ1v) is 12.4. The second-order valence-corrected chi connectivity index (χ2v) is 9.86. The zero-order valence-corrected chi connectivity index (χ0v) is 20.7. The summed E-state index contributed by atoms with van der Waals surface area (Å²) in [6.45, 7) is 3.54. The van der Waals surface area contributed by atoms with Gasteiger partial charge in [-0.2, -0.15) is 0 Å². The number of anilines is 2. The molecule has 0 unspecified atom stereocenters. The molecule has 0 aliphatic carbocycles. The van der Waals surface area contributed by atoms with E-state index in [0.717, 1.165) is 0 Å². The molecule has 0 bridgehead atoms. The summed E-state index contributed by atoms with van der Waals surface area (Å²) in [5, 5.41) is 3.35. The Morgan fingerprint density at radius 3 is 2.46 bits per heavy atom. The molecular formula is C27H28N4O6. The molecule has 2 aromatic rings. The van der Waals surface area contributed by atoms with E-state index in [2.05, 4.69) is 5.32 Å². The lowest BCUT2D eigenvalue weighted by molar-refractivity contribution is -0.136. The number of imide groups is 1. The normalized spacial score (nSPS) is 28.8. The van der Waals surface area contributed by atoms with Crippen molar-refractivity contribution in [2.45, 2.75) is 18.5 Å². The van der Waals surface area contributed by atoms with Crippen molar-refractivity contribution in [3.05, 3.63) is 54.1 Å². The summed E-state index contributed by atoms with van der Waals surface area (Å²) >= 11 is 0. The number of amides is 4. The Balaban J connectivity index is 1.38. The molecule has 4 aliphatic heterocycles. The Bertz CT molecular complexity index is 1290. The number of para-hydroxylation sites is 1. The third-order valence-electron chi connectivity index (χ3n) is 8.00. The molecule has 37 heavy (non-hydrogen) atoms. The van der Waals surface area contributed by atoms with Gasteiger partial charge in [0.2, 0.25) is 17.7 Å². The highest BCUT2D eigenvalue weighted by Gasteiger charge is 2.71. The van der Waals surface area contributed by atoms with Crippen LogP contribution in [0.3, 0.4) is 0 Å². The molecule has 6 rings (SSSR count). The van der Waals surface area contributed by atoms with Crippen LogP contribution in [0.4, 0.5) is 11.4 Å². The van der Waals surface area contributed by atoms with E-state index in [0.29, 0.717) is 49.0 Å². The fourth-order valence-corrected chi connectivity index (χ4v) is 6.30. The van der Waals surface area contributed by atoms with Gasteiger partial charge in [0.15, 0.2) is 0 Å². The van der Waals surface area contributed by atoms with E-state index < -0.39 is 29.3 Å². The predicted octanol–water partition coefficient (Wildman–Crippen LogP) is 0.893. The minimum Gasteiger partial charge on any atom is -0.497 e. The quantitative estimate of drug-likeness (QED) is 0.616. The molecule has 0 aromatic heterocycles. The predicted molar refractivity (Wildman–Crippen MR) is 133 cm³/mol. The van der Waals surface area contributed by atoms with Crippen molar-refractivity contribution in [3.63, 3.8) is 0 Å². The van der Waals surface area contributed by atoms with E-state index in [1.807, 2.05) is 19.1 Å². The molecule has 1 spiro atoms. The second kappa shape index (κ2) is 8.67. The lowest BCUT2D eigenvalue weighted by Gasteiger charge is -2.31. The number of nitrogens with one attached hydrogen (secondary N) is 1. The number of carbonyl (C=O) groups excluding carboxylic acids is 4. The van der Waals surface area contributed by atoms with Crippen LogP contribution in [0, 0.1) is 11.8 Å². The number of carbonyl (C=O) groups is 4. The highest BCUT2D eigenvalue weighted by Crippen LogP contribution is 2.55. The largest absolute Gasteiger partial charge is 0.497 e. The number of hydrogen-bond donors (Lipinski definition) is 1. The van der Waals surface area contributed by atoms with Crippen LogP contribution in [-0.2, 0) is 29.5 Å². The molecule has 4 amide bonds. The van der Waals surface area contributed by atoms with Gasteiger partial charge in [-0.25, -0.2) is 4.90 Å². The SMILES string of the molecule is COc1ccc(N2C(=O)[C@@H]3[C@H](C)N[C@@]4(C(=O)N(CC(=O)N5CCOCC5)c5ccccc54)[C@@H]3C2=O)cc1. The van der Waals surface area contributed by atoms with Crippen LogP contribution in [0.1, 0.15) is 12.5 Å². The number of benzene rings is 2. The van der Waals surface area contributed by atoms with Crippen molar-refractivity contribution in [3.8, 4) is 5.75 Å². The number of morpholine rings is 1. The molecule has 10 heteroatoms.